The van der Waals surface area contributed by atoms with Crippen LogP contribution in [0, 0.1) is 17.8 Å². The molecule has 2 heterocycles. The van der Waals surface area contributed by atoms with E-state index in [9.17, 15) is 9.59 Å². The van der Waals surface area contributed by atoms with Gasteiger partial charge in [-0.15, -0.1) is 0 Å². The number of piperidine rings is 2. The predicted molar refractivity (Wildman–Crippen MR) is 87.4 cm³/mol. The molecule has 22 heavy (non-hydrogen) atoms. The van der Waals surface area contributed by atoms with Gasteiger partial charge in [-0.1, -0.05) is 13.8 Å². The Hall–Kier alpha value is -1.10. The second-order valence-corrected chi connectivity index (χ2v) is 7.09. The molecule has 2 aliphatic rings. The Labute approximate surface area is 134 Å². The molecular weight excluding hydrogens is 278 g/mol. The molecule has 0 aromatic rings. The maximum absolute atomic E-state index is 12.6. The lowest BCUT2D eigenvalue weighted by atomic mass is 9.92. The lowest BCUT2D eigenvalue weighted by molar-refractivity contribution is -0.143. The van der Waals surface area contributed by atoms with Crippen LogP contribution in [0.1, 0.15) is 39.5 Å². The number of nitrogens with zero attached hydrogens (tertiary/aromatic N) is 2. The maximum Gasteiger partial charge on any atom is 0.226 e. The van der Waals surface area contributed by atoms with Crippen LogP contribution in [0.25, 0.3) is 0 Å². The number of likely N-dealkylation sites (tertiary alicyclic amines) is 2. The summed E-state index contributed by atoms with van der Waals surface area (Å²) in [6.45, 7) is 8.19. The van der Waals surface area contributed by atoms with Crippen molar-refractivity contribution in [2.24, 2.45) is 17.8 Å². The van der Waals surface area contributed by atoms with Gasteiger partial charge in [0, 0.05) is 44.6 Å². The minimum atomic E-state index is 0.0141. The average Bonchev–Trinajstić information content (AvgIpc) is 2.54. The smallest absolute Gasteiger partial charge is 0.226 e. The molecule has 2 rings (SSSR count). The fourth-order valence-electron chi connectivity index (χ4n) is 3.70. The summed E-state index contributed by atoms with van der Waals surface area (Å²) in [6.07, 6.45) is 4.01. The van der Waals surface area contributed by atoms with Gasteiger partial charge in [0.15, 0.2) is 0 Å². The van der Waals surface area contributed by atoms with E-state index in [1.54, 1.807) is 0 Å². The molecule has 0 aromatic carbocycles. The van der Waals surface area contributed by atoms with Crippen molar-refractivity contribution in [2.75, 3.05) is 39.8 Å². The third-order valence-electron chi connectivity index (χ3n) is 5.06. The Bertz CT molecular complexity index is 391. The van der Waals surface area contributed by atoms with Crippen LogP contribution in [-0.4, -0.2) is 61.4 Å². The van der Waals surface area contributed by atoms with Crippen LogP contribution < -0.4 is 5.32 Å². The van der Waals surface area contributed by atoms with E-state index >= 15 is 0 Å². The van der Waals surface area contributed by atoms with E-state index in [0.717, 1.165) is 45.4 Å². The number of hydrogen-bond acceptors (Lipinski definition) is 3. The molecule has 2 amide bonds. The zero-order valence-electron chi connectivity index (χ0n) is 14.3. The van der Waals surface area contributed by atoms with E-state index in [1.807, 2.05) is 18.9 Å². The molecule has 2 unspecified atom stereocenters. The molecule has 2 fully saturated rings. The van der Waals surface area contributed by atoms with Gasteiger partial charge in [0.05, 0.1) is 0 Å². The topological polar surface area (TPSA) is 52.7 Å². The number of nitrogens with one attached hydrogen (secondary N) is 1. The second kappa shape index (κ2) is 7.95. The van der Waals surface area contributed by atoms with E-state index in [2.05, 4.69) is 17.1 Å². The summed E-state index contributed by atoms with van der Waals surface area (Å²) in [4.78, 5) is 28.9. The third kappa shape index (κ3) is 4.22. The highest BCUT2D eigenvalue weighted by molar-refractivity contribution is 5.81. The first-order valence-corrected chi connectivity index (χ1v) is 8.75. The molecule has 1 N–H and O–H groups in total. The van der Waals surface area contributed by atoms with Gasteiger partial charge in [-0.2, -0.15) is 0 Å². The van der Waals surface area contributed by atoms with Crippen molar-refractivity contribution in [3.05, 3.63) is 0 Å². The van der Waals surface area contributed by atoms with Crippen molar-refractivity contribution in [1.82, 2.24) is 15.1 Å². The lowest BCUT2D eigenvalue weighted by Gasteiger charge is -2.37. The number of carbonyl (C=O) groups is 2. The summed E-state index contributed by atoms with van der Waals surface area (Å²) in [6, 6.07) is 0. The molecule has 5 nitrogen and oxygen atoms in total. The van der Waals surface area contributed by atoms with Crippen molar-refractivity contribution >= 4 is 11.8 Å². The summed E-state index contributed by atoms with van der Waals surface area (Å²) in [7, 11) is 1.87. The summed E-state index contributed by atoms with van der Waals surface area (Å²) in [5.41, 5.74) is 0. The van der Waals surface area contributed by atoms with Crippen LogP contribution in [0.4, 0.5) is 0 Å². The first-order chi connectivity index (χ1) is 10.5. The van der Waals surface area contributed by atoms with E-state index in [0.29, 0.717) is 18.4 Å². The standard InChI is InChI=1S/C17H31N3O2/c1-13-5-4-8-20(12-13)17(22)15-6-9-19(10-7-15)16(21)14(2)11-18-3/h13-15,18H,4-12H2,1-3H3. The molecule has 126 valence electrons. The zero-order chi connectivity index (χ0) is 16.1. The van der Waals surface area contributed by atoms with Gasteiger partial charge < -0.3 is 15.1 Å². The maximum atomic E-state index is 12.6. The SMILES string of the molecule is CNCC(C)C(=O)N1CCC(C(=O)N2CCCC(C)C2)CC1. The van der Waals surface area contributed by atoms with Crippen molar-refractivity contribution in [1.29, 1.82) is 0 Å². The van der Waals surface area contributed by atoms with Crippen LogP contribution in [0.2, 0.25) is 0 Å². The minimum Gasteiger partial charge on any atom is -0.342 e. The molecule has 2 saturated heterocycles. The monoisotopic (exact) mass is 309 g/mol. The van der Waals surface area contributed by atoms with Crippen molar-refractivity contribution in [2.45, 2.75) is 39.5 Å². The molecule has 0 aliphatic carbocycles. The Balaban J connectivity index is 1.81. The minimum absolute atomic E-state index is 0.0141. The molecule has 0 radical (unpaired) electrons. The van der Waals surface area contributed by atoms with Crippen molar-refractivity contribution in [3.8, 4) is 0 Å². The Morgan fingerprint density at radius 2 is 1.82 bits per heavy atom. The molecule has 2 atom stereocenters. The Kier molecular flexibility index (Phi) is 6.24. The van der Waals surface area contributed by atoms with Crippen LogP contribution in [0.5, 0.6) is 0 Å². The number of rotatable bonds is 4. The molecule has 0 aromatic heterocycles. The van der Waals surface area contributed by atoms with Crippen LogP contribution >= 0.6 is 0 Å². The van der Waals surface area contributed by atoms with Gasteiger partial charge in [-0.3, -0.25) is 9.59 Å². The largest absolute Gasteiger partial charge is 0.342 e. The van der Waals surface area contributed by atoms with Gasteiger partial charge in [0.25, 0.3) is 0 Å². The number of hydrogen-bond donors (Lipinski definition) is 1. The van der Waals surface area contributed by atoms with Gasteiger partial charge in [0.2, 0.25) is 11.8 Å². The van der Waals surface area contributed by atoms with Crippen LogP contribution in [0.3, 0.4) is 0 Å². The number of amides is 2. The Morgan fingerprint density at radius 3 is 2.41 bits per heavy atom. The molecule has 0 bridgehead atoms. The van der Waals surface area contributed by atoms with Crippen molar-refractivity contribution < 1.29 is 9.59 Å². The third-order valence-corrected chi connectivity index (χ3v) is 5.06. The van der Waals surface area contributed by atoms with Crippen LogP contribution in [-0.2, 0) is 9.59 Å². The van der Waals surface area contributed by atoms with Gasteiger partial charge >= 0.3 is 0 Å². The number of carbonyl (C=O) groups excluding carboxylic acids is 2. The highest BCUT2D eigenvalue weighted by Gasteiger charge is 2.32. The average molecular weight is 309 g/mol. The molecule has 2 aliphatic heterocycles. The highest BCUT2D eigenvalue weighted by atomic mass is 16.2. The normalized spacial score (nSPS) is 25.1. The van der Waals surface area contributed by atoms with Gasteiger partial charge in [0.1, 0.15) is 0 Å². The lowest BCUT2D eigenvalue weighted by Crippen LogP contribution is -2.48. The summed E-state index contributed by atoms with van der Waals surface area (Å²) >= 11 is 0. The fourth-order valence-corrected chi connectivity index (χ4v) is 3.70. The second-order valence-electron chi connectivity index (χ2n) is 7.09. The van der Waals surface area contributed by atoms with Crippen LogP contribution in [0.15, 0.2) is 0 Å². The molecule has 0 saturated carbocycles. The van der Waals surface area contributed by atoms with Gasteiger partial charge in [-0.25, -0.2) is 0 Å². The van der Waals surface area contributed by atoms with E-state index in [1.165, 1.54) is 6.42 Å². The first kappa shape index (κ1) is 17.3. The quantitative estimate of drug-likeness (QED) is 0.852. The Morgan fingerprint density at radius 1 is 1.14 bits per heavy atom. The predicted octanol–water partition coefficient (Wildman–Crippen LogP) is 1.34. The van der Waals surface area contributed by atoms with Gasteiger partial charge in [-0.05, 0) is 38.6 Å². The van der Waals surface area contributed by atoms with E-state index < -0.39 is 0 Å². The fraction of sp³-hybridized carbons (Fsp3) is 0.882. The molecular formula is C17H31N3O2. The highest BCUT2D eigenvalue weighted by Crippen LogP contribution is 2.24. The zero-order valence-corrected chi connectivity index (χ0v) is 14.3. The molecule has 5 heteroatoms. The summed E-state index contributed by atoms with van der Waals surface area (Å²) in [5.74, 6) is 1.30. The summed E-state index contributed by atoms with van der Waals surface area (Å²) < 4.78 is 0. The van der Waals surface area contributed by atoms with Crippen molar-refractivity contribution in [3.63, 3.8) is 0 Å². The van der Waals surface area contributed by atoms with E-state index in [4.69, 9.17) is 0 Å². The molecule has 0 spiro atoms. The first-order valence-electron chi connectivity index (χ1n) is 8.75. The van der Waals surface area contributed by atoms with E-state index in [-0.39, 0.29) is 17.7 Å². The summed E-state index contributed by atoms with van der Waals surface area (Å²) in [5, 5.41) is 3.05.